The molecular formula is C8H12O2. The highest BCUT2D eigenvalue weighted by molar-refractivity contribution is 5.81. The Bertz CT molecular complexity index is 136. The van der Waals surface area contributed by atoms with E-state index < -0.39 is 0 Å². The maximum absolute atomic E-state index is 10.4. The first kappa shape index (κ1) is 8.95. The predicted molar refractivity (Wildman–Crippen MR) is 40.6 cm³/mol. The van der Waals surface area contributed by atoms with Gasteiger partial charge in [0.25, 0.3) is 0 Å². The average Bonchev–Trinajstić information content (AvgIpc) is 1.98. The fourth-order valence-electron chi connectivity index (χ4n) is 0.424. The molecule has 0 aliphatic carbocycles. The van der Waals surface area contributed by atoms with E-state index in [4.69, 9.17) is 0 Å². The lowest BCUT2D eigenvalue weighted by Crippen LogP contribution is -1.98. The van der Waals surface area contributed by atoms with Gasteiger partial charge in [-0.05, 0) is 6.42 Å². The maximum Gasteiger partial charge on any atom is 0.330 e. The molecule has 0 rings (SSSR count). The summed E-state index contributed by atoms with van der Waals surface area (Å²) in [6.45, 7) is 5.63. The molecule has 0 saturated heterocycles. The van der Waals surface area contributed by atoms with Crippen molar-refractivity contribution in [3.63, 3.8) is 0 Å². The van der Waals surface area contributed by atoms with Crippen LogP contribution in [-0.2, 0) is 9.53 Å². The van der Waals surface area contributed by atoms with Gasteiger partial charge < -0.3 is 4.74 Å². The minimum absolute atomic E-state index is 0.346. The highest BCUT2D eigenvalue weighted by Crippen LogP contribution is 1.83. The number of hydrogen-bond acceptors (Lipinski definition) is 2. The minimum Gasteiger partial charge on any atom is -0.458 e. The molecule has 0 bridgehead atoms. The molecule has 0 aromatic rings. The fraction of sp³-hybridized carbons (Fsp3) is 0.375. The fourth-order valence-corrected chi connectivity index (χ4v) is 0.424. The third-order valence-corrected chi connectivity index (χ3v) is 0.891. The average molecular weight is 140 g/mol. The van der Waals surface area contributed by atoms with Gasteiger partial charge in [0.1, 0.15) is 6.61 Å². The molecule has 0 heterocycles. The number of esters is 1. The third kappa shape index (κ3) is 5.09. The largest absolute Gasteiger partial charge is 0.458 e. The van der Waals surface area contributed by atoms with Crippen molar-refractivity contribution < 1.29 is 9.53 Å². The number of allylic oxidation sites excluding steroid dienone is 1. The summed E-state index contributed by atoms with van der Waals surface area (Å²) in [5.41, 5.74) is 0. The molecule has 10 heavy (non-hydrogen) atoms. The van der Waals surface area contributed by atoms with Gasteiger partial charge in [0.15, 0.2) is 0 Å². The Morgan fingerprint density at radius 1 is 1.60 bits per heavy atom. The number of hydrogen-bond donors (Lipinski definition) is 0. The molecule has 0 saturated carbocycles. The maximum atomic E-state index is 10.4. The highest BCUT2D eigenvalue weighted by atomic mass is 16.5. The second-order valence-electron chi connectivity index (χ2n) is 1.71. The summed E-state index contributed by atoms with van der Waals surface area (Å²) < 4.78 is 4.65. The van der Waals surface area contributed by atoms with Gasteiger partial charge in [0, 0.05) is 6.08 Å². The van der Waals surface area contributed by atoms with Crippen LogP contribution in [0.5, 0.6) is 0 Å². The van der Waals surface area contributed by atoms with Crippen LogP contribution in [0.1, 0.15) is 13.3 Å². The standard InChI is InChI=1S/C8H12O2/c1-3-5-6-7-10-8(9)4-2/h4-6H,2-3,7H2,1H3. The lowest BCUT2D eigenvalue weighted by molar-refractivity contribution is -0.136. The van der Waals surface area contributed by atoms with Gasteiger partial charge in [-0.1, -0.05) is 25.7 Å². The smallest absolute Gasteiger partial charge is 0.330 e. The topological polar surface area (TPSA) is 26.3 Å². The molecule has 0 radical (unpaired) electrons. The lowest BCUT2D eigenvalue weighted by Gasteiger charge is -1.93. The van der Waals surface area contributed by atoms with E-state index in [0.717, 1.165) is 12.5 Å². The van der Waals surface area contributed by atoms with E-state index in [2.05, 4.69) is 11.3 Å². The first-order valence-electron chi connectivity index (χ1n) is 3.25. The van der Waals surface area contributed by atoms with Crippen molar-refractivity contribution in [3.05, 3.63) is 24.8 Å². The van der Waals surface area contributed by atoms with E-state index in [-0.39, 0.29) is 5.97 Å². The van der Waals surface area contributed by atoms with E-state index in [9.17, 15) is 4.79 Å². The van der Waals surface area contributed by atoms with Gasteiger partial charge in [-0.25, -0.2) is 4.79 Å². The number of carbonyl (C=O) groups is 1. The summed E-state index contributed by atoms with van der Waals surface area (Å²) in [5, 5.41) is 0. The van der Waals surface area contributed by atoms with Crippen LogP contribution < -0.4 is 0 Å². The Hall–Kier alpha value is -1.05. The minimum atomic E-state index is -0.374. The molecule has 0 atom stereocenters. The third-order valence-electron chi connectivity index (χ3n) is 0.891. The molecule has 2 nitrogen and oxygen atoms in total. The van der Waals surface area contributed by atoms with Gasteiger partial charge in [-0.2, -0.15) is 0 Å². The summed E-state index contributed by atoms with van der Waals surface area (Å²) in [6, 6.07) is 0. The van der Waals surface area contributed by atoms with Gasteiger partial charge in [-0.3, -0.25) is 0 Å². The van der Waals surface area contributed by atoms with E-state index in [1.165, 1.54) is 0 Å². The second kappa shape index (κ2) is 6.08. The van der Waals surface area contributed by atoms with Crippen LogP contribution in [0.15, 0.2) is 24.8 Å². The quantitative estimate of drug-likeness (QED) is 0.337. The van der Waals surface area contributed by atoms with E-state index in [0.29, 0.717) is 6.61 Å². The second-order valence-corrected chi connectivity index (χ2v) is 1.71. The summed E-state index contributed by atoms with van der Waals surface area (Å²) in [7, 11) is 0. The summed E-state index contributed by atoms with van der Waals surface area (Å²) in [4.78, 5) is 10.4. The monoisotopic (exact) mass is 140 g/mol. The van der Waals surface area contributed by atoms with Crippen LogP contribution in [-0.4, -0.2) is 12.6 Å². The van der Waals surface area contributed by atoms with Crippen molar-refractivity contribution >= 4 is 5.97 Å². The van der Waals surface area contributed by atoms with E-state index >= 15 is 0 Å². The molecule has 0 aliphatic rings. The summed E-state index contributed by atoms with van der Waals surface area (Å²) in [6.07, 6.45) is 5.86. The van der Waals surface area contributed by atoms with Crippen LogP contribution >= 0.6 is 0 Å². The van der Waals surface area contributed by atoms with Gasteiger partial charge >= 0.3 is 5.97 Å². The Morgan fingerprint density at radius 2 is 2.30 bits per heavy atom. The lowest BCUT2D eigenvalue weighted by atomic mass is 10.4. The van der Waals surface area contributed by atoms with Crippen LogP contribution in [0.2, 0.25) is 0 Å². The zero-order valence-electron chi connectivity index (χ0n) is 6.17. The molecule has 0 fully saturated rings. The van der Waals surface area contributed by atoms with Crippen molar-refractivity contribution in [2.75, 3.05) is 6.61 Å². The number of rotatable bonds is 4. The molecule has 2 heteroatoms. The predicted octanol–water partition coefficient (Wildman–Crippen LogP) is 1.68. The summed E-state index contributed by atoms with van der Waals surface area (Å²) in [5.74, 6) is -0.374. The Labute approximate surface area is 61.2 Å². The SMILES string of the molecule is C=CC(=O)OCC=CCC. The molecule has 0 aliphatic heterocycles. The van der Waals surface area contributed by atoms with Crippen LogP contribution in [0.4, 0.5) is 0 Å². The Balaban J connectivity index is 3.27. The normalized spacial score (nSPS) is 9.70. The van der Waals surface area contributed by atoms with Crippen LogP contribution in [0.25, 0.3) is 0 Å². The number of carbonyl (C=O) groups excluding carboxylic acids is 1. The zero-order chi connectivity index (χ0) is 7.82. The van der Waals surface area contributed by atoms with Crippen molar-refractivity contribution in [2.45, 2.75) is 13.3 Å². The molecule has 0 spiro atoms. The van der Waals surface area contributed by atoms with E-state index in [1.54, 1.807) is 6.08 Å². The molecular weight excluding hydrogens is 128 g/mol. The van der Waals surface area contributed by atoms with Crippen LogP contribution in [0, 0.1) is 0 Å². The molecule has 0 N–H and O–H groups in total. The van der Waals surface area contributed by atoms with Gasteiger partial charge in [0.2, 0.25) is 0 Å². The Kier molecular flexibility index (Phi) is 5.44. The molecule has 0 aromatic heterocycles. The molecule has 0 aromatic carbocycles. The zero-order valence-corrected chi connectivity index (χ0v) is 6.17. The van der Waals surface area contributed by atoms with Crippen molar-refractivity contribution in [3.8, 4) is 0 Å². The first-order chi connectivity index (χ1) is 4.81. The Morgan fingerprint density at radius 3 is 2.80 bits per heavy atom. The highest BCUT2D eigenvalue weighted by Gasteiger charge is 1.88. The number of ether oxygens (including phenoxy) is 1. The van der Waals surface area contributed by atoms with Crippen molar-refractivity contribution in [1.82, 2.24) is 0 Å². The summed E-state index contributed by atoms with van der Waals surface area (Å²) >= 11 is 0. The van der Waals surface area contributed by atoms with Gasteiger partial charge in [-0.15, -0.1) is 0 Å². The molecule has 56 valence electrons. The first-order valence-corrected chi connectivity index (χ1v) is 3.25. The van der Waals surface area contributed by atoms with E-state index in [1.807, 2.05) is 13.0 Å². The van der Waals surface area contributed by atoms with Crippen molar-refractivity contribution in [1.29, 1.82) is 0 Å². The van der Waals surface area contributed by atoms with Gasteiger partial charge in [0.05, 0.1) is 0 Å². The molecule has 0 amide bonds. The van der Waals surface area contributed by atoms with Crippen molar-refractivity contribution in [2.24, 2.45) is 0 Å². The molecule has 0 unspecified atom stereocenters. The van der Waals surface area contributed by atoms with Crippen LogP contribution in [0.3, 0.4) is 0 Å².